The SMILES string of the molecule is CCC(C)OC1CCCO1. The minimum absolute atomic E-state index is 0.0925. The van der Waals surface area contributed by atoms with E-state index in [-0.39, 0.29) is 6.29 Å². The van der Waals surface area contributed by atoms with Crippen molar-refractivity contribution < 1.29 is 9.47 Å². The van der Waals surface area contributed by atoms with Gasteiger partial charge in [-0.25, -0.2) is 0 Å². The molecule has 0 aromatic carbocycles. The van der Waals surface area contributed by atoms with Gasteiger partial charge in [-0.3, -0.25) is 0 Å². The summed E-state index contributed by atoms with van der Waals surface area (Å²) in [6, 6.07) is 0. The molecule has 0 saturated carbocycles. The Hall–Kier alpha value is -0.0800. The highest BCUT2D eigenvalue weighted by Gasteiger charge is 2.17. The Labute approximate surface area is 62.5 Å². The second-order valence-electron chi connectivity index (χ2n) is 2.80. The first-order valence-corrected chi connectivity index (χ1v) is 4.10. The summed E-state index contributed by atoms with van der Waals surface area (Å²) in [4.78, 5) is 0. The molecule has 1 aliphatic rings. The van der Waals surface area contributed by atoms with E-state index in [1.54, 1.807) is 0 Å². The average Bonchev–Trinajstić information content (AvgIpc) is 2.40. The molecule has 0 bridgehead atoms. The number of hydrogen-bond acceptors (Lipinski definition) is 2. The van der Waals surface area contributed by atoms with Crippen LogP contribution in [-0.2, 0) is 9.47 Å². The highest BCUT2D eigenvalue weighted by atomic mass is 16.7. The van der Waals surface area contributed by atoms with E-state index < -0.39 is 0 Å². The lowest BCUT2D eigenvalue weighted by molar-refractivity contribution is -0.139. The molecule has 2 unspecified atom stereocenters. The Morgan fingerprint density at radius 2 is 2.50 bits per heavy atom. The molecule has 1 heterocycles. The Balaban J connectivity index is 2.11. The maximum absolute atomic E-state index is 5.54. The van der Waals surface area contributed by atoms with E-state index in [1.807, 2.05) is 0 Å². The van der Waals surface area contributed by atoms with Gasteiger partial charge in [-0.1, -0.05) is 6.92 Å². The van der Waals surface area contributed by atoms with Crippen LogP contribution in [0.3, 0.4) is 0 Å². The lowest BCUT2D eigenvalue weighted by Gasteiger charge is -2.15. The van der Waals surface area contributed by atoms with Gasteiger partial charge in [0.05, 0.1) is 6.10 Å². The molecule has 0 aliphatic carbocycles. The van der Waals surface area contributed by atoms with E-state index in [0.717, 1.165) is 25.9 Å². The van der Waals surface area contributed by atoms with Crippen molar-refractivity contribution in [2.75, 3.05) is 6.61 Å². The van der Waals surface area contributed by atoms with Crippen molar-refractivity contribution in [3.05, 3.63) is 0 Å². The zero-order valence-electron chi connectivity index (χ0n) is 6.80. The summed E-state index contributed by atoms with van der Waals surface area (Å²) >= 11 is 0. The van der Waals surface area contributed by atoms with E-state index in [1.165, 1.54) is 0 Å². The minimum atomic E-state index is 0.0925. The maximum atomic E-state index is 5.54. The Morgan fingerprint density at radius 3 is 3.00 bits per heavy atom. The van der Waals surface area contributed by atoms with Crippen molar-refractivity contribution in [3.8, 4) is 0 Å². The topological polar surface area (TPSA) is 18.5 Å². The molecule has 0 N–H and O–H groups in total. The molecule has 1 aliphatic heterocycles. The molecule has 0 amide bonds. The first kappa shape index (κ1) is 8.02. The average molecular weight is 144 g/mol. The van der Waals surface area contributed by atoms with Crippen LogP contribution >= 0.6 is 0 Å². The summed E-state index contributed by atoms with van der Waals surface area (Å²) in [5.74, 6) is 0. The number of rotatable bonds is 3. The fourth-order valence-electron chi connectivity index (χ4n) is 1.01. The van der Waals surface area contributed by atoms with Gasteiger partial charge >= 0.3 is 0 Å². The molecule has 60 valence electrons. The molecule has 0 spiro atoms. The Morgan fingerprint density at radius 1 is 1.70 bits per heavy atom. The van der Waals surface area contributed by atoms with Crippen LogP contribution in [0.1, 0.15) is 33.1 Å². The molecule has 10 heavy (non-hydrogen) atoms. The zero-order valence-corrected chi connectivity index (χ0v) is 6.80. The predicted octanol–water partition coefficient (Wildman–Crippen LogP) is 1.94. The number of hydrogen-bond donors (Lipinski definition) is 0. The molecular formula is C8H16O2. The van der Waals surface area contributed by atoms with Crippen molar-refractivity contribution in [1.82, 2.24) is 0 Å². The zero-order chi connectivity index (χ0) is 7.40. The quantitative estimate of drug-likeness (QED) is 0.602. The molecule has 0 aromatic rings. The monoisotopic (exact) mass is 144 g/mol. The van der Waals surface area contributed by atoms with Crippen LogP contribution in [0.15, 0.2) is 0 Å². The van der Waals surface area contributed by atoms with Crippen LogP contribution in [0.2, 0.25) is 0 Å². The van der Waals surface area contributed by atoms with E-state index in [2.05, 4.69) is 13.8 Å². The largest absolute Gasteiger partial charge is 0.353 e. The van der Waals surface area contributed by atoms with Gasteiger partial charge in [-0.05, 0) is 19.8 Å². The molecule has 2 heteroatoms. The van der Waals surface area contributed by atoms with Gasteiger partial charge in [-0.2, -0.15) is 0 Å². The lowest BCUT2D eigenvalue weighted by Crippen LogP contribution is -2.17. The van der Waals surface area contributed by atoms with Gasteiger partial charge < -0.3 is 9.47 Å². The smallest absolute Gasteiger partial charge is 0.158 e. The van der Waals surface area contributed by atoms with Crippen LogP contribution in [0.5, 0.6) is 0 Å². The standard InChI is InChI=1S/C8H16O2/c1-3-7(2)10-8-5-4-6-9-8/h7-8H,3-6H2,1-2H3. The molecule has 2 atom stereocenters. The Kier molecular flexibility index (Phi) is 3.16. The second-order valence-corrected chi connectivity index (χ2v) is 2.80. The first-order valence-electron chi connectivity index (χ1n) is 4.10. The predicted molar refractivity (Wildman–Crippen MR) is 39.8 cm³/mol. The third-order valence-electron chi connectivity index (χ3n) is 1.85. The summed E-state index contributed by atoms with van der Waals surface area (Å²) in [5.41, 5.74) is 0. The van der Waals surface area contributed by atoms with Gasteiger partial charge in [-0.15, -0.1) is 0 Å². The minimum Gasteiger partial charge on any atom is -0.353 e. The van der Waals surface area contributed by atoms with Gasteiger partial charge in [0, 0.05) is 13.0 Å². The summed E-state index contributed by atoms with van der Waals surface area (Å²) in [6.07, 6.45) is 3.74. The van der Waals surface area contributed by atoms with E-state index in [9.17, 15) is 0 Å². The van der Waals surface area contributed by atoms with Crippen molar-refractivity contribution in [2.45, 2.75) is 45.5 Å². The second kappa shape index (κ2) is 3.94. The maximum Gasteiger partial charge on any atom is 0.158 e. The molecule has 1 rings (SSSR count). The van der Waals surface area contributed by atoms with Gasteiger partial charge in [0.25, 0.3) is 0 Å². The highest BCUT2D eigenvalue weighted by Crippen LogP contribution is 2.15. The third-order valence-corrected chi connectivity index (χ3v) is 1.85. The van der Waals surface area contributed by atoms with Crippen LogP contribution in [0.25, 0.3) is 0 Å². The lowest BCUT2D eigenvalue weighted by atomic mass is 10.3. The molecule has 0 aromatic heterocycles. The molecule has 0 radical (unpaired) electrons. The van der Waals surface area contributed by atoms with E-state index >= 15 is 0 Å². The van der Waals surface area contributed by atoms with Gasteiger partial charge in [0.1, 0.15) is 0 Å². The molecular weight excluding hydrogens is 128 g/mol. The molecule has 1 saturated heterocycles. The highest BCUT2D eigenvalue weighted by molar-refractivity contribution is 4.56. The third kappa shape index (κ3) is 2.27. The van der Waals surface area contributed by atoms with Crippen molar-refractivity contribution >= 4 is 0 Å². The van der Waals surface area contributed by atoms with Crippen LogP contribution in [0, 0.1) is 0 Å². The van der Waals surface area contributed by atoms with E-state index in [0.29, 0.717) is 6.10 Å². The van der Waals surface area contributed by atoms with Gasteiger partial charge in [0.2, 0.25) is 0 Å². The fraction of sp³-hybridized carbons (Fsp3) is 1.00. The van der Waals surface area contributed by atoms with Crippen molar-refractivity contribution in [2.24, 2.45) is 0 Å². The summed E-state index contributed by atoms with van der Waals surface area (Å²) < 4.78 is 10.8. The first-order chi connectivity index (χ1) is 4.83. The summed E-state index contributed by atoms with van der Waals surface area (Å²) in [6.45, 7) is 5.09. The summed E-state index contributed by atoms with van der Waals surface area (Å²) in [7, 11) is 0. The van der Waals surface area contributed by atoms with Crippen LogP contribution < -0.4 is 0 Å². The fourth-order valence-corrected chi connectivity index (χ4v) is 1.01. The number of ether oxygens (including phenoxy) is 2. The Bertz CT molecular complexity index is 87.3. The molecule has 1 fully saturated rings. The van der Waals surface area contributed by atoms with E-state index in [4.69, 9.17) is 9.47 Å². The normalized spacial score (nSPS) is 28.8. The summed E-state index contributed by atoms with van der Waals surface area (Å²) in [5, 5.41) is 0. The molecule has 2 nitrogen and oxygen atoms in total. The van der Waals surface area contributed by atoms with Crippen molar-refractivity contribution in [3.63, 3.8) is 0 Å². The van der Waals surface area contributed by atoms with Crippen LogP contribution in [0.4, 0.5) is 0 Å². The van der Waals surface area contributed by atoms with Crippen molar-refractivity contribution in [1.29, 1.82) is 0 Å². The van der Waals surface area contributed by atoms with Crippen LogP contribution in [-0.4, -0.2) is 19.0 Å². The van der Waals surface area contributed by atoms with Gasteiger partial charge in [0.15, 0.2) is 6.29 Å².